The topological polar surface area (TPSA) is 67.4 Å². The van der Waals surface area contributed by atoms with Crippen LogP contribution in [0.3, 0.4) is 0 Å². The average molecular weight is 278 g/mol. The number of esters is 1. The first-order valence-corrected chi connectivity index (χ1v) is 6.71. The van der Waals surface area contributed by atoms with Crippen molar-refractivity contribution < 1.29 is 14.3 Å². The Kier molecular flexibility index (Phi) is 6.56. The molecule has 0 heterocycles. The fraction of sp³-hybridized carbons (Fsp3) is 0.467. The largest absolute Gasteiger partial charge is 0.467 e. The van der Waals surface area contributed by atoms with Gasteiger partial charge < -0.3 is 15.4 Å². The summed E-state index contributed by atoms with van der Waals surface area (Å²) < 4.78 is 4.73. The Labute approximate surface area is 119 Å². The molecule has 1 aromatic carbocycles. The number of hydrogen-bond acceptors (Lipinski definition) is 3. The Bertz CT molecular complexity index is 432. The molecule has 1 aromatic rings. The van der Waals surface area contributed by atoms with Crippen LogP contribution in [0.1, 0.15) is 31.9 Å². The minimum absolute atomic E-state index is 0.370. The molecule has 20 heavy (non-hydrogen) atoms. The fourth-order valence-electron chi connectivity index (χ4n) is 1.70. The Morgan fingerprint density at radius 2 is 1.85 bits per heavy atom. The Morgan fingerprint density at radius 1 is 1.20 bits per heavy atom. The summed E-state index contributed by atoms with van der Waals surface area (Å²) in [4.78, 5) is 23.6. The van der Waals surface area contributed by atoms with Gasteiger partial charge in [0.1, 0.15) is 0 Å². The summed E-state index contributed by atoms with van der Waals surface area (Å²) in [5, 5.41) is 5.37. The molecule has 0 aliphatic rings. The van der Waals surface area contributed by atoms with Gasteiger partial charge in [-0.3, -0.25) is 0 Å². The van der Waals surface area contributed by atoms with Crippen molar-refractivity contribution in [2.45, 2.75) is 26.3 Å². The number of urea groups is 1. The molecule has 0 aliphatic carbocycles. The highest BCUT2D eigenvalue weighted by Gasteiger charge is 2.23. The van der Waals surface area contributed by atoms with Gasteiger partial charge in [-0.05, 0) is 17.9 Å². The molecule has 2 N–H and O–H groups in total. The van der Waals surface area contributed by atoms with E-state index in [0.29, 0.717) is 18.0 Å². The second-order valence-corrected chi connectivity index (χ2v) is 4.95. The lowest BCUT2D eigenvalue weighted by Gasteiger charge is -2.17. The molecule has 110 valence electrons. The highest BCUT2D eigenvalue weighted by molar-refractivity contribution is 5.84. The maximum absolute atomic E-state index is 11.8. The number of carbonyl (C=O) groups excluding carboxylic acids is 2. The maximum atomic E-state index is 11.8. The number of amides is 2. The molecule has 0 bridgehead atoms. The van der Waals surface area contributed by atoms with Gasteiger partial charge in [0.2, 0.25) is 0 Å². The third-order valence-electron chi connectivity index (χ3n) is 2.85. The summed E-state index contributed by atoms with van der Waals surface area (Å²) in [6.07, 6.45) is 0.891. The molecule has 0 radical (unpaired) electrons. The van der Waals surface area contributed by atoms with Crippen LogP contribution in [0.2, 0.25) is 0 Å². The summed E-state index contributed by atoms with van der Waals surface area (Å²) in [7, 11) is 1.30. The fourth-order valence-corrected chi connectivity index (χ4v) is 1.70. The minimum Gasteiger partial charge on any atom is -0.467 e. The Balaban J connectivity index is 2.62. The van der Waals surface area contributed by atoms with Crippen molar-refractivity contribution in [3.8, 4) is 0 Å². The summed E-state index contributed by atoms with van der Waals surface area (Å²) in [6, 6.07) is 7.85. The minimum atomic E-state index is -0.791. The maximum Gasteiger partial charge on any atom is 0.333 e. The van der Waals surface area contributed by atoms with E-state index in [9.17, 15) is 9.59 Å². The van der Waals surface area contributed by atoms with Crippen LogP contribution in [0.4, 0.5) is 4.79 Å². The van der Waals surface area contributed by atoms with Crippen molar-refractivity contribution in [3.63, 3.8) is 0 Å². The van der Waals surface area contributed by atoms with Crippen molar-refractivity contribution in [1.82, 2.24) is 10.6 Å². The molecule has 2 amide bonds. The summed E-state index contributed by atoms with van der Waals surface area (Å²) in [5.41, 5.74) is 0.693. The van der Waals surface area contributed by atoms with Gasteiger partial charge in [0.15, 0.2) is 6.04 Å². The second-order valence-electron chi connectivity index (χ2n) is 4.95. The van der Waals surface area contributed by atoms with E-state index in [4.69, 9.17) is 4.74 Å². The quantitative estimate of drug-likeness (QED) is 0.784. The zero-order valence-electron chi connectivity index (χ0n) is 12.2. The molecule has 0 aromatic heterocycles. The monoisotopic (exact) mass is 278 g/mol. The average Bonchev–Trinajstić information content (AvgIpc) is 2.44. The van der Waals surface area contributed by atoms with Gasteiger partial charge in [-0.2, -0.15) is 0 Å². The van der Waals surface area contributed by atoms with Crippen molar-refractivity contribution >= 4 is 12.0 Å². The van der Waals surface area contributed by atoms with E-state index in [1.807, 2.05) is 18.2 Å². The molecule has 1 atom stereocenters. The van der Waals surface area contributed by atoms with Crippen LogP contribution in [-0.4, -0.2) is 25.7 Å². The molecule has 5 heteroatoms. The molecule has 0 fully saturated rings. The molecule has 0 unspecified atom stereocenters. The predicted octanol–water partition coefficient (Wildman–Crippen LogP) is 2.25. The number of hydrogen-bond donors (Lipinski definition) is 2. The lowest BCUT2D eigenvalue weighted by atomic mass is 10.1. The van der Waals surface area contributed by atoms with E-state index in [0.717, 1.165) is 6.42 Å². The zero-order chi connectivity index (χ0) is 15.0. The van der Waals surface area contributed by atoms with Gasteiger partial charge >= 0.3 is 12.0 Å². The third kappa shape index (κ3) is 5.30. The van der Waals surface area contributed by atoms with Crippen molar-refractivity contribution in [2.24, 2.45) is 5.92 Å². The van der Waals surface area contributed by atoms with Gasteiger partial charge in [-0.25, -0.2) is 9.59 Å². The van der Waals surface area contributed by atoms with Crippen molar-refractivity contribution in [3.05, 3.63) is 35.9 Å². The third-order valence-corrected chi connectivity index (χ3v) is 2.85. The first kappa shape index (κ1) is 16.0. The number of methoxy groups -OCH3 is 1. The van der Waals surface area contributed by atoms with Crippen molar-refractivity contribution in [2.75, 3.05) is 13.7 Å². The van der Waals surface area contributed by atoms with Crippen LogP contribution in [0.15, 0.2) is 30.3 Å². The van der Waals surface area contributed by atoms with E-state index in [1.165, 1.54) is 7.11 Å². The molecule has 0 spiro atoms. The SMILES string of the molecule is COC(=O)[C@@H](NC(=O)NCCC(C)C)c1ccccc1. The van der Waals surface area contributed by atoms with Crippen LogP contribution >= 0.6 is 0 Å². The normalized spacial score (nSPS) is 11.8. The van der Waals surface area contributed by atoms with Crippen LogP contribution < -0.4 is 10.6 Å². The van der Waals surface area contributed by atoms with Gasteiger partial charge in [0, 0.05) is 6.54 Å². The van der Waals surface area contributed by atoms with Gasteiger partial charge in [-0.15, -0.1) is 0 Å². The van der Waals surface area contributed by atoms with Gasteiger partial charge in [0.25, 0.3) is 0 Å². The summed E-state index contributed by atoms with van der Waals surface area (Å²) in [6.45, 7) is 4.74. The zero-order valence-corrected chi connectivity index (χ0v) is 12.2. The summed E-state index contributed by atoms with van der Waals surface area (Å²) >= 11 is 0. The van der Waals surface area contributed by atoms with E-state index in [-0.39, 0.29) is 6.03 Å². The van der Waals surface area contributed by atoms with E-state index < -0.39 is 12.0 Å². The highest BCUT2D eigenvalue weighted by Crippen LogP contribution is 2.13. The van der Waals surface area contributed by atoms with E-state index in [1.54, 1.807) is 12.1 Å². The number of carbonyl (C=O) groups is 2. The number of benzene rings is 1. The van der Waals surface area contributed by atoms with Gasteiger partial charge in [0.05, 0.1) is 7.11 Å². The predicted molar refractivity (Wildman–Crippen MR) is 77.2 cm³/mol. The van der Waals surface area contributed by atoms with Crippen LogP contribution in [0.5, 0.6) is 0 Å². The number of rotatable bonds is 6. The molecule has 0 aliphatic heterocycles. The molecule has 0 saturated carbocycles. The lowest BCUT2D eigenvalue weighted by Crippen LogP contribution is -2.41. The molecular weight excluding hydrogens is 256 g/mol. The molecular formula is C15H22N2O3. The van der Waals surface area contributed by atoms with E-state index in [2.05, 4.69) is 24.5 Å². The van der Waals surface area contributed by atoms with Crippen LogP contribution in [0.25, 0.3) is 0 Å². The van der Waals surface area contributed by atoms with Crippen LogP contribution in [0, 0.1) is 5.92 Å². The Morgan fingerprint density at radius 3 is 2.40 bits per heavy atom. The van der Waals surface area contributed by atoms with Crippen molar-refractivity contribution in [1.29, 1.82) is 0 Å². The first-order valence-electron chi connectivity index (χ1n) is 6.71. The smallest absolute Gasteiger partial charge is 0.333 e. The van der Waals surface area contributed by atoms with E-state index >= 15 is 0 Å². The highest BCUT2D eigenvalue weighted by atomic mass is 16.5. The standard InChI is InChI=1S/C15H22N2O3/c1-11(2)9-10-16-15(19)17-13(14(18)20-3)12-7-5-4-6-8-12/h4-8,11,13H,9-10H2,1-3H3,(H2,16,17,19)/t13-/m0/s1. The van der Waals surface area contributed by atoms with Gasteiger partial charge in [-0.1, -0.05) is 44.2 Å². The Hall–Kier alpha value is -2.04. The lowest BCUT2D eigenvalue weighted by molar-refractivity contribution is -0.143. The molecule has 0 saturated heterocycles. The number of ether oxygens (including phenoxy) is 1. The molecule has 5 nitrogen and oxygen atoms in total. The van der Waals surface area contributed by atoms with Crippen LogP contribution in [-0.2, 0) is 9.53 Å². The number of nitrogens with one attached hydrogen (secondary N) is 2. The first-order chi connectivity index (χ1) is 9.54. The molecule has 1 rings (SSSR count). The second kappa shape index (κ2) is 8.19. The summed E-state index contributed by atoms with van der Waals surface area (Å²) in [5.74, 6) is 0.0241.